The fourth-order valence-corrected chi connectivity index (χ4v) is 4.31. The highest BCUT2D eigenvalue weighted by atomic mass is 16.3. The van der Waals surface area contributed by atoms with Crippen LogP contribution in [0, 0.1) is 0 Å². The molecule has 152 valence electrons. The molecule has 2 aliphatic heterocycles. The monoisotopic (exact) mass is 398 g/mol. The second kappa shape index (κ2) is 8.20. The van der Waals surface area contributed by atoms with Crippen LogP contribution in [0.15, 0.2) is 85.3 Å². The number of aromatic nitrogens is 1. The van der Waals surface area contributed by atoms with E-state index in [9.17, 15) is 5.11 Å². The minimum Gasteiger partial charge on any atom is -0.506 e. The number of aromatic hydroxyl groups is 1. The fraction of sp³-hybridized carbons (Fsp3) is 0.240. The third-order valence-corrected chi connectivity index (χ3v) is 6.02. The smallest absolute Gasteiger partial charge is 0.138 e. The van der Waals surface area contributed by atoms with Gasteiger partial charge in [-0.1, -0.05) is 42.5 Å². The summed E-state index contributed by atoms with van der Waals surface area (Å²) in [4.78, 5) is 11.4. The number of rotatable bonds is 5. The average Bonchev–Trinajstić information content (AvgIpc) is 3.46. The summed E-state index contributed by atoms with van der Waals surface area (Å²) in [6.45, 7) is 3.58. The van der Waals surface area contributed by atoms with Crippen molar-refractivity contribution in [1.29, 1.82) is 0 Å². The molecule has 5 heteroatoms. The lowest BCUT2D eigenvalue weighted by molar-refractivity contribution is 0.262. The number of likely N-dealkylation sites (tertiary alicyclic amines) is 1. The Morgan fingerprint density at radius 1 is 0.900 bits per heavy atom. The molecule has 1 N–H and O–H groups in total. The van der Waals surface area contributed by atoms with E-state index in [1.165, 1.54) is 16.8 Å². The largest absolute Gasteiger partial charge is 0.506 e. The van der Waals surface area contributed by atoms with Gasteiger partial charge < -0.3 is 14.9 Å². The van der Waals surface area contributed by atoms with Crippen LogP contribution < -0.4 is 4.90 Å². The molecule has 5 nitrogen and oxygen atoms in total. The van der Waals surface area contributed by atoms with E-state index in [-0.39, 0.29) is 5.75 Å². The molecule has 1 atom stereocenters. The number of hydrogen-bond acceptors (Lipinski definition) is 5. The first-order valence-corrected chi connectivity index (χ1v) is 10.5. The first-order valence-electron chi connectivity index (χ1n) is 10.5. The third kappa shape index (κ3) is 3.89. The molecule has 1 aromatic heterocycles. The summed E-state index contributed by atoms with van der Waals surface area (Å²) in [7, 11) is 0. The van der Waals surface area contributed by atoms with Gasteiger partial charge in [0.2, 0.25) is 0 Å². The standard InChI is InChI=1S/C25H26N4O/c30-25-7-4-13-26-24(25)18-27-14-12-23(17-27)29-16-15-28(19-29)22-10-8-21(9-11-22)20-5-2-1-3-6-20/h1-11,13,15-16,23,30H,12,14,17-19H2/t23-/m0/s1. The first kappa shape index (κ1) is 18.7. The van der Waals surface area contributed by atoms with Crippen LogP contribution >= 0.6 is 0 Å². The quantitative estimate of drug-likeness (QED) is 0.695. The highest BCUT2D eigenvalue weighted by molar-refractivity contribution is 5.66. The molecule has 3 aromatic rings. The van der Waals surface area contributed by atoms with E-state index in [1.54, 1.807) is 18.3 Å². The van der Waals surface area contributed by atoms with Crippen LogP contribution in [0.1, 0.15) is 12.1 Å². The number of nitrogens with zero attached hydrogens (tertiary/aromatic N) is 4. The summed E-state index contributed by atoms with van der Waals surface area (Å²) >= 11 is 0. The Morgan fingerprint density at radius 2 is 1.70 bits per heavy atom. The Bertz CT molecular complexity index is 1020. The van der Waals surface area contributed by atoms with Gasteiger partial charge >= 0.3 is 0 Å². The summed E-state index contributed by atoms with van der Waals surface area (Å²) < 4.78 is 0. The summed E-state index contributed by atoms with van der Waals surface area (Å²) in [5.41, 5.74) is 4.45. The Morgan fingerprint density at radius 3 is 2.50 bits per heavy atom. The Hall–Kier alpha value is -3.31. The number of pyridine rings is 1. The van der Waals surface area contributed by atoms with E-state index < -0.39 is 0 Å². The van der Waals surface area contributed by atoms with Crippen LogP contribution in [0.2, 0.25) is 0 Å². The Labute approximate surface area is 177 Å². The van der Waals surface area contributed by atoms with Crippen LogP contribution in [-0.4, -0.2) is 45.7 Å². The lowest BCUT2D eigenvalue weighted by Crippen LogP contribution is -2.36. The van der Waals surface area contributed by atoms with E-state index in [1.807, 2.05) is 6.07 Å². The van der Waals surface area contributed by atoms with Crippen molar-refractivity contribution in [3.8, 4) is 16.9 Å². The molecule has 30 heavy (non-hydrogen) atoms. The second-order valence-corrected chi connectivity index (χ2v) is 7.98. The van der Waals surface area contributed by atoms with Gasteiger partial charge in [0.05, 0.1) is 12.4 Å². The molecular formula is C25H26N4O. The SMILES string of the molecule is Oc1cccnc1CN1CC[C@H](N2C=CN(c3ccc(-c4ccccc4)cc3)C2)C1. The zero-order valence-electron chi connectivity index (χ0n) is 16.9. The lowest BCUT2D eigenvalue weighted by Gasteiger charge is -2.27. The predicted molar refractivity (Wildman–Crippen MR) is 120 cm³/mol. The molecule has 0 amide bonds. The van der Waals surface area contributed by atoms with Gasteiger partial charge in [0, 0.05) is 50.0 Å². The van der Waals surface area contributed by atoms with Gasteiger partial charge in [-0.25, -0.2) is 0 Å². The van der Waals surface area contributed by atoms with Crippen molar-refractivity contribution in [3.05, 3.63) is 91.0 Å². The van der Waals surface area contributed by atoms with Crippen LogP contribution in [0.3, 0.4) is 0 Å². The molecule has 1 saturated heterocycles. The first-order chi connectivity index (χ1) is 14.8. The molecular weight excluding hydrogens is 372 g/mol. The maximum atomic E-state index is 9.98. The molecule has 3 heterocycles. The second-order valence-electron chi connectivity index (χ2n) is 7.98. The maximum absolute atomic E-state index is 9.98. The van der Waals surface area contributed by atoms with E-state index in [0.717, 1.165) is 31.9 Å². The minimum absolute atomic E-state index is 0.284. The molecule has 1 fully saturated rings. The molecule has 0 bridgehead atoms. The van der Waals surface area contributed by atoms with Crippen molar-refractivity contribution in [2.75, 3.05) is 24.7 Å². The van der Waals surface area contributed by atoms with Crippen LogP contribution in [-0.2, 0) is 6.54 Å². The molecule has 2 aromatic carbocycles. The van der Waals surface area contributed by atoms with E-state index in [0.29, 0.717) is 12.6 Å². The summed E-state index contributed by atoms with van der Waals surface area (Å²) in [5, 5.41) is 9.98. The van der Waals surface area contributed by atoms with Crippen LogP contribution in [0.5, 0.6) is 5.75 Å². The number of anilines is 1. The molecule has 0 saturated carbocycles. The lowest BCUT2D eigenvalue weighted by atomic mass is 10.1. The van der Waals surface area contributed by atoms with Crippen molar-refractivity contribution in [1.82, 2.24) is 14.8 Å². The van der Waals surface area contributed by atoms with Crippen LogP contribution in [0.25, 0.3) is 11.1 Å². The van der Waals surface area contributed by atoms with Gasteiger partial charge in [0.25, 0.3) is 0 Å². The zero-order valence-corrected chi connectivity index (χ0v) is 16.9. The summed E-state index contributed by atoms with van der Waals surface area (Å²) in [6, 6.07) is 23.2. The molecule has 5 rings (SSSR count). The summed E-state index contributed by atoms with van der Waals surface area (Å²) in [6.07, 6.45) is 7.24. The molecule has 0 spiro atoms. The molecule has 0 radical (unpaired) electrons. The van der Waals surface area contributed by atoms with Gasteiger partial charge in [-0.2, -0.15) is 0 Å². The Balaban J connectivity index is 1.19. The number of benzene rings is 2. The molecule has 0 aliphatic carbocycles. The summed E-state index contributed by atoms with van der Waals surface area (Å²) in [5.74, 6) is 0.284. The molecule has 2 aliphatic rings. The van der Waals surface area contributed by atoms with Gasteiger partial charge in [0.15, 0.2) is 0 Å². The van der Waals surface area contributed by atoms with Gasteiger partial charge in [-0.3, -0.25) is 9.88 Å². The van der Waals surface area contributed by atoms with Crippen molar-refractivity contribution in [2.24, 2.45) is 0 Å². The fourth-order valence-electron chi connectivity index (χ4n) is 4.31. The van der Waals surface area contributed by atoms with Crippen molar-refractivity contribution in [2.45, 2.75) is 19.0 Å². The predicted octanol–water partition coefficient (Wildman–Crippen LogP) is 4.28. The van der Waals surface area contributed by atoms with Gasteiger partial charge in [-0.15, -0.1) is 0 Å². The Kier molecular flexibility index (Phi) is 5.11. The van der Waals surface area contributed by atoms with Gasteiger partial charge in [-0.05, 0) is 41.8 Å². The van der Waals surface area contributed by atoms with E-state index >= 15 is 0 Å². The highest BCUT2D eigenvalue weighted by Crippen LogP contribution is 2.28. The highest BCUT2D eigenvalue weighted by Gasteiger charge is 2.29. The van der Waals surface area contributed by atoms with Crippen molar-refractivity contribution < 1.29 is 5.11 Å². The average molecular weight is 399 g/mol. The van der Waals surface area contributed by atoms with Crippen LogP contribution in [0.4, 0.5) is 5.69 Å². The zero-order chi connectivity index (χ0) is 20.3. The number of hydrogen-bond donors (Lipinski definition) is 1. The topological polar surface area (TPSA) is 42.8 Å². The minimum atomic E-state index is 0.284. The van der Waals surface area contributed by atoms with Crippen molar-refractivity contribution in [3.63, 3.8) is 0 Å². The van der Waals surface area contributed by atoms with Gasteiger partial charge in [0.1, 0.15) is 5.75 Å². The molecule has 0 unspecified atom stereocenters. The normalized spacial score (nSPS) is 19.0. The van der Waals surface area contributed by atoms with E-state index in [2.05, 4.69) is 80.6 Å². The van der Waals surface area contributed by atoms with E-state index in [4.69, 9.17) is 0 Å². The van der Waals surface area contributed by atoms with Crippen molar-refractivity contribution >= 4 is 5.69 Å². The third-order valence-electron chi connectivity index (χ3n) is 6.02. The maximum Gasteiger partial charge on any atom is 0.138 e.